The maximum atomic E-state index is 12.9. The zero-order valence-corrected chi connectivity index (χ0v) is 15.7. The summed E-state index contributed by atoms with van der Waals surface area (Å²) < 4.78 is 6.00. The summed E-state index contributed by atoms with van der Waals surface area (Å²) in [7, 11) is 0. The molecule has 1 aliphatic carbocycles. The number of carbonyl (C=O) groups excluding carboxylic acids is 1. The Labute approximate surface area is 163 Å². The van der Waals surface area contributed by atoms with E-state index >= 15 is 0 Å². The molecule has 4 aliphatic rings. The van der Waals surface area contributed by atoms with Gasteiger partial charge in [0.05, 0.1) is 5.56 Å². The molecule has 142 valence electrons. The number of nitrogens with one attached hydrogen (secondary N) is 1. The Balaban J connectivity index is 1.25. The molecule has 0 unspecified atom stereocenters. The Morgan fingerprint density at radius 2 is 1.89 bits per heavy atom. The van der Waals surface area contributed by atoms with Crippen LogP contribution in [0.15, 0.2) is 48.9 Å². The first-order chi connectivity index (χ1) is 13.7. The largest absolute Gasteiger partial charge is 0.442 e. The third-order valence-corrected chi connectivity index (χ3v) is 6.78. The molecule has 1 saturated carbocycles. The Morgan fingerprint density at radius 3 is 2.71 bits per heavy atom. The van der Waals surface area contributed by atoms with E-state index in [0.29, 0.717) is 11.5 Å². The van der Waals surface area contributed by atoms with Crippen molar-refractivity contribution in [2.24, 2.45) is 17.8 Å². The number of hydrogen-bond donors (Lipinski definition) is 1. The molecule has 5 nitrogen and oxygen atoms in total. The van der Waals surface area contributed by atoms with Gasteiger partial charge in [0, 0.05) is 48.7 Å². The molecule has 3 aliphatic heterocycles. The van der Waals surface area contributed by atoms with Crippen molar-refractivity contribution in [3.63, 3.8) is 0 Å². The highest BCUT2D eigenvalue weighted by Gasteiger charge is 2.48. The molecule has 0 radical (unpaired) electrons. The molecule has 1 N–H and O–H groups in total. The molecule has 2 aromatic heterocycles. The van der Waals surface area contributed by atoms with Gasteiger partial charge in [0.1, 0.15) is 0 Å². The van der Waals surface area contributed by atoms with E-state index in [0.717, 1.165) is 47.0 Å². The highest BCUT2D eigenvalue weighted by atomic mass is 16.6. The lowest BCUT2D eigenvalue weighted by molar-refractivity contribution is -0.159. The van der Waals surface area contributed by atoms with Crippen LogP contribution in [0.5, 0.6) is 0 Å². The molecule has 4 fully saturated rings. The van der Waals surface area contributed by atoms with Crippen molar-refractivity contribution in [3.8, 4) is 11.1 Å². The molecule has 1 aromatic carbocycles. The smallest absolute Gasteiger partial charge is 0.341 e. The molecule has 5 heterocycles. The van der Waals surface area contributed by atoms with E-state index in [2.05, 4.69) is 33.1 Å². The average molecular weight is 373 g/mol. The molecule has 3 aromatic rings. The standard InChI is InChI=1S/C23H23N3O2/c27-23(28-22-18-6-14-5-15(7-18)13-26(22)12-14)20-9-19(10-24-11-20)16-1-2-21-17(8-16)3-4-25-21/h1-4,8-11,14-15,18,22,25H,5-7,12-13H2/t14-,15-,22-/m0/s1. The van der Waals surface area contributed by atoms with Crippen molar-refractivity contribution < 1.29 is 9.53 Å². The van der Waals surface area contributed by atoms with E-state index in [4.69, 9.17) is 4.74 Å². The summed E-state index contributed by atoms with van der Waals surface area (Å²) in [6.07, 6.45) is 9.08. The maximum Gasteiger partial charge on any atom is 0.341 e. The quantitative estimate of drug-likeness (QED) is 0.703. The van der Waals surface area contributed by atoms with Gasteiger partial charge in [-0.1, -0.05) is 6.07 Å². The Kier molecular flexibility index (Phi) is 3.60. The van der Waals surface area contributed by atoms with E-state index in [-0.39, 0.29) is 12.2 Å². The van der Waals surface area contributed by atoms with Crippen molar-refractivity contribution in [1.29, 1.82) is 0 Å². The SMILES string of the molecule is O=C(O[C@H]1C2C[C@@H]3C[C@@H](C2)CN1C3)c1cncc(-c2ccc3[nH]ccc3c2)c1. The monoisotopic (exact) mass is 373 g/mol. The molecule has 0 spiro atoms. The minimum absolute atomic E-state index is 0.0554. The second-order valence-electron chi connectivity index (χ2n) is 8.69. The van der Waals surface area contributed by atoms with Crippen molar-refractivity contribution in [3.05, 3.63) is 54.5 Å². The summed E-state index contributed by atoms with van der Waals surface area (Å²) in [6, 6.07) is 10.2. The summed E-state index contributed by atoms with van der Waals surface area (Å²) in [5.74, 6) is 1.86. The molecule has 3 atom stereocenters. The van der Waals surface area contributed by atoms with E-state index in [1.807, 2.05) is 18.3 Å². The number of ether oxygens (including phenoxy) is 1. The number of esters is 1. The fourth-order valence-corrected chi connectivity index (χ4v) is 5.68. The minimum atomic E-state index is -0.255. The van der Waals surface area contributed by atoms with Gasteiger partial charge in [0.25, 0.3) is 0 Å². The van der Waals surface area contributed by atoms with Crippen LogP contribution in [0.1, 0.15) is 29.6 Å². The van der Waals surface area contributed by atoms with Gasteiger partial charge in [-0.3, -0.25) is 9.88 Å². The second kappa shape index (κ2) is 6.17. The highest BCUT2D eigenvalue weighted by molar-refractivity contribution is 5.91. The first-order valence-electron chi connectivity index (χ1n) is 10.2. The summed E-state index contributed by atoms with van der Waals surface area (Å²) in [5, 5.41) is 1.15. The van der Waals surface area contributed by atoms with Crippen LogP contribution in [-0.2, 0) is 4.74 Å². The van der Waals surface area contributed by atoms with E-state index < -0.39 is 0 Å². The van der Waals surface area contributed by atoms with Gasteiger partial charge in [0.15, 0.2) is 6.23 Å². The number of aromatic nitrogens is 2. The van der Waals surface area contributed by atoms with Gasteiger partial charge in [-0.25, -0.2) is 4.79 Å². The van der Waals surface area contributed by atoms with Gasteiger partial charge in [0.2, 0.25) is 0 Å². The lowest BCUT2D eigenvalue weighted by Crippen LogP contribution is -2.60. The Bertz CT molecular complexity index is 1030. The van der Waals surface area contributed by atoms with Crippen LogP contribution >= 0.6 is 0 Å². The van der Waals surface area contributed by atoms with Gasteiger partial charge >= 0.3 is 5.97 Å². The van der Waals surface area contributed by atoms with Crippen LogP contribution in [0.2, 0.25) is 0 Å². The highest BCUT2D eigenvalue weighted by Crippen LogP contribution is 2.46. The van der Waals surface area contributed by atoms with Crippen LogP contribution in [-0.4, -0.2) is 40.2 Å². The molecule has 4 bridgehead atoms. The topological polar surface area (TPSA) is 58.2 Å². The fraction of sp³-hybridized carbons (Fsp3) is 0.391. The van der Waals surface area contributed by atoms with E-state index in [1.165, 1.54) is 19.3 Å². The number of hydrogen-bond acceptors (Lipinski definition) is 4. The van der Waals surface area contributed by atoms with E-state index in [9.17, 15) is 4.79 Å². The molecule has 3 saturated heterocycles. The minimum Gasteiger partial charge on any atom is -0.442 e. The lowest BCUT2D eigenvalue weighted by Gasteiger charge is -2.55. The number of fused-ring (bicyclic) bond motifs is 1. The number of rotatable bonds is 3. The number of H-pyrrole nitrogens is 1. The first kappa shape index (κ1) is 16.3. The van der Waals surface area contributed by atoms with Crippen LogP contribution in [0.25, 0.3) is 22.0 Å². The van der Waals surface area contributed by atoms with Crippen LogP contribution in [0.4, 0.5) is 0 Å². The number of benzene rings is 1. The summed E-state index contributed by atoms with van der Waals surface area (Å²) >= 11 is 0. The van der Waals surface area contributed by atoms with Crippen molar-refractivity contribution in [2.45, 2.75) is 25.5 Å². The third kappa shape index (κ3) is 2.65. The second-order valence-corrected chi connectivity index (χ2v) is 8.69. The van der Waals surface area contributed by atoms with Gasteiger partial charge in [-0.15, -0.1) is 0 Å². The number of aromatic amines is 1. The summed E-state index contributed by atoms with van der Waals surface area (Å²) in [5.41, 5.74) is 3.61. The average Bonchev–Trinajstić information content (AvgIpc) is 3.18. The van der Waals surface area contributed by atoms with Crippen LogP contribution in [0, 0.1) is 17.8 Å². The molecule has 7 rings (SSSR count). The molecular weight excluding hydrogens is 350 g/mol. The van der Waals surface area contributed by atoms with Crippen molar-refractivity contribution in [1.82, 2.24) is 14.9 Å². The van der Waals surface area contributed by atoms with Crippen LogP contribution in [0.3, 0.4) is 0 Å². The van der Waals surface area contributed by atoms with Gasteiger partial charge in [-0.05, 0) is 66.3 Å². The Morgan fingerprint density at radius 1 is 1.04 bits per heavy atom. The lowest BCUT2D eigenvalue weighted by atomic mass is 9.67. The predicted molar refractivity (Wildman–Crippen MR) is 107 cm³/mol. The zero-order chi connectivity index (χ0) is 18.7. The molecular formula is C23H23N3O2. The maximum absolute atomic E-state index is 12.9. The number of pyridine rings is 1. The fourth-order valence-electron chi connectivity index (χ4n) is 5.68. The van der Waals surface area contributed by atoms with Gasteiger partial charge < -0.3 is 9.72 Å². The number of nitrogens with zero attached hydrogens (tertiary/aromatic N) is 2. The summed E-state index contributed by atoms with van der Waals surface area (Å²) in [6.45, 7) is 2.17. The molecule has 5 heteroatoms. The van der Waals surface area contributed by atoms with Crippen molar-refractivity contribution in [2.75, 3.05) is 13.1 Å². The number of carbonyl (C=O) groups is 1. The Hall–Kier alpha value is -2.66. The summed E-state index contributed by atoms with van der Waals surface area (Å²) in [4.78, 5) is 22.8. The number of piperidine rings is 3. The third-order valence-electron chi connectivity index (χ3n) is 6.78. The van der Waals surface area contributed by atoms with Gasteiger partial charge in [-0.2, -0.15) is 0 Å². The normalized spacial score (nSPS) is 30.6. The molecule has 0 amide bonds. The zero-order valence-electron chi connectivity index (χ0n) is 15.7. The molecule has 28 heavy (non-hydrogen) atoms. The predicted octanol–water partition coefficient (Wildman–Crippen LogP) is 4.07. The van der Waals surface area contributed by atoms with Crippen molar-refractivity contribution >= 4 is 16.9 Å². The van der Waals surface area contributed by atoms with E-state index in [1.54, 1.807) is 12.4 Å². The first-order valence-corrected chi connectivity index (χ1v) is 10.2. The van der Waals surface area contributed by atoms with Crippen LogP contribution < -0.4 is 0 Å².